The van der Waals surface area contributed by atoms with E-state index in [0.717, 1.165) is 6.07 Å². The van der Waals surface area contributed by atoms with Crippen molar-refractivity contribution in [2.24, 2.45) is 0 Å². The van der Waals surface area contributed by atoms with Crippen molar-refractivity contribution in [1.82, 2.24) is 4.90 Å². The number of halogens is 3. The first kappa shape index (κ1) is 14.7. The Morgan fingerprint density at radius 3 is 2.40 bits per heavy atom. The maximum Gasteiger partial charge on any atom is 0.416 e. The van der Waals surface area contributed by atoms with Crippen LogP contribution in [0.15, 0.2) is 24.3 Å². The predicted molar refractivity (Wildman–Crippen MR) is 70.3 cm³/mol. The van der Waals surface area contributed by atoms with Crippen LogP contribution in [0.2, 0.25) is 0 Å². The van der Waals surface area contributed by atoms with Crippen LogP contribution in [0.25, 0.3) is 0 Å². The molecule has 0 saturated carbocycles. The third kappa shape index (κ3) is 3.23. The van der Waals surface area contributed by atoms with E-state index in [0.29, 0.717) is 31.9 Å². The topological polar surface area (TPSA) is 30.3 Å². The van der Waals surface area contributed by atoms with Crippen molar-refractivity contribution in [3.8, 4) is 6.07 Å². The summed E-state index contributed by atoms with van der Waals surface area (Å²) in [4.78, 5) is 3.96. The van der Waals surface area contributed by atoms with Gasteiger partial charge in [-0.15, -0.1) is 0 Å². The van der Waals surface area contributed by atoms with Crippen molar-refractivity contribution >= 4 is 5.69 Å². The highest BCUT2D eigenvalue weighted by atomic mass is 19.4. The molecule has 0 amide bonds. The lowest BCUT2D eigenvalue weighted by Gasteiger charge is -2.37. The van der Waals surface area contributed by atoms with Gasteiger partial charge in [0.25, 0.3) is 0 Å². The van der Waals surface area contributed by atoms with Crippen LogP contribution in [-0.4, -0.2) is 37.1 Å². The molecule has 0 radical (unpaired) electrons. The number of nitriles is 1. The van der Waals surface area contributed by atoms with Crippen LogP contribution in [0.5, 0.6) is 0 Å². The first-order chi connectivity index (χ1) is 9.41. The van der Waals surface area contributed by atoms with Crippen LogP contribution < -0.4 is 4.90 Å². The molecule has 2 rings (SSSR count). The summed E-state index contributed by atoms with van der Waals surface area (Å²) in [6.07, 6.45) is -4.31. The minimum Gasteiger partial charge on any atom is -0.369 e. The molecule has 0 aliphatic carbocycles. The highest BCUT2D eigenvalue weighted by Crippen LogP contribution is 2.31. The Hall–Kier alpha value is -1.74. The van der Waals surface area contributed by atoms with Gasteiger partial charge >= 0.3 is 6.18 Å². The van der Waals surface area contributed by atoms with Crippen LogP contribution in [0.3, 0.4) is 0 Å². The summed E-state index contributed by atoms with van der Waals surface area (Å²) in [6.45, 7) is 4.47. The van der Waals surface area contributed by atoms with Gasteiger partial charge in [0.2, 0.25) is 0 Å². The van der Waals surface area contributed by atoms with E-state index in [1.165, 1.54) is 12.1 Å². The van der Waals surface area contributed by atoms with Crippen molar-refractivity contribution in [2.75, 3.05) is 31.1 Å². The van der Waals surface area contributed by atoms with Crippen molar-refractivity contribution in [1.29, 1.82) is 5.26 Å². The van der Waals surface area contributed by atoms with Gasteiger partial charge in [-0.1, -0.05) is 6.07 Å². The summed E-state index contributed by atoms with van der Waals surface area (Å²) in [5.74, 6) is 0. The quantitative estimate of drug-likeness (QED) is 0.836. The van der Waals surface area contributed by atoms with Crippen molar-refractivity contribution < 1.29 is 13.2 Å². The Morgan fingerprint density at radius 1 is 1.20 bits per heavy atom. The fourth-order valence-corrected chi connectivity index (χ4v) is 2.33. The van der Waals surface area contributed by atoms with E-state index in [2.05, 4.69) is 6.07 Å². The normalized spacial score (nSPS) is 18.6. The third-order valence-electron chi connectivity index (χ3n) is 3.59. The lowest BCUT2D eigenvalue weighted by molar-refractivity contribution is -0.137. The molecule has 0 bridgehead atoms. The molecule has 1 aromatic rings. The van der Waals surface area contributed by atoms with Crippen molar-refractivity contribution in [3.63, 3.8) is 0 Å². The van der Waals surface area contributed by atoms with Gasteiger partial charge in [0, 0.05) is 31.9 Å². The number of nitrogens with zero attached hydrogens (tertiary/aromatic N) is 3. The Kier molecular flexibility index (Phi) is 4.19. The molecule has 0 aromatic heterocycles. The molecule has 6 heteroatoms. The van der Waals surface area contributed by atoms with E-state index in [9.17, 15) is 13.2 Å². The number of hydrogen-bond acceptors (Lipinski definition) is 3. The predicted octanol–water partition coefficient (Wildman–Crippen LogP) is 2.74. The first-order valence-corrected chi connectivity index (χ1v) is 6.47. The molecule has 0 spiro atoms. The smallest absolute Gasteiger partial charge is 0.369 e. The van der Waals surface area contributed by atoms with Crippen LogP contribution in [0.1, 0.15) is 12.5 Å². The van der Waals surface area contributed by atoms with Crippen LogP contribution >= 0.6 is 0 Å². The molecule has 1 saturated heterocycles. The molecular weight excluding hydrogens is 267 g/mol. The van der Waals surface area contributed by atoms with Crippen LogP contribution in [0, 0.1) is 11.3 Å². The maximum atomic E-state index is 12.7. The zero-order valence-electron chi connectivity index (χ0n) is 11.2. The monoisotopic (exact) mass is 283 g/mol. The van der Waals surface area contributed by atoms with Gasteiger partial charge in [0.05, 0.1) is 17.7 Å². The summed E-state index contributed by atoms with van der Waals surface area (Å²) in [5.41, 5.74) is -0.0353. The van der Waals surface area contributed by atoms with Gasteiger partial charge in [0.1, 0.15) is 0 Å². The van der Waals surface area contributed by atoms with E-state index < -0.39 is 11.7 Å². The van der Waals surface area contributed by atoms with Crippen LogP contribution in [0.4, 0.5) is 18.9 Å². The molecule has 0 N–H and O–H groups in total. The zero-order chi connectivity index (χ0) is 14.8. The standard InChI is InChI=1S/C14H16F3N3/c1-11(10-18)19-5-7-20(8-6-19)13-4-2-3-12(9-13)14(15,16)17/h2-4,9,11H,5-8H2,1H3. The second-order valence-electron chi connectivity index (χ2n) is 4.88. The van der Waals surface area contributed by atoms with E-state index in [1.54, 1.807) is 6.07 Å². The average molecular weight is 283 g/mol. The lowest BCUT2D eigenvalue weighted by Crippen LogP contribution is -2.49. The Balaban J connectivity index is 2.06. The lowest BCUT2D eigenvalue weighted by atomic mass is 10.1. The van der Waals surface area contributed by atoms with E-state index in [1.807, 2.05) is 16.7 Å². The largest absolute Gasteiger partial charge is 0.416 e. The number of rotatable bonds is 2. The summed E-state index contributed by atoms with van der Waals surface area (Å²) >= 11 is 0. The number of alkyl halides is 3. The molecule has 3 nitrogen and oxygen atoms in total. The van der Waals surface area contributed by atoms with Gasteiger partial charge in [-0.05, 0) is 25.1 Å². The number of piperazine rings is 1. The van der Waals surface area contributed by atoms with Crippen molar-refractivity contribution in [2.45, 2.75) is 19.1 Å². The molecule has 1 aliphatic heterocycles. The van der Waals surface area contributed by atoms with E-state index in [-0.39, 0.29) is 6.04 Å². The highest BCUT2D eigenvalue weighted by molar-refractivity contribution is 5.49. The Bertz CT molecular complexity index is 499. The molecule has 1 heterocycles. The molecule has 1 unspecified atom stereocenters. The molecule has 20 heavy (non-hydrogen) atoms. The Morgan fingerprint density at radius 2 is 1.85 bits per heavy atom. The summed E-state index contributed by atoms with van der Waals surface area (Å²) in [7, 11) is 0. The minimum atomic E-state index is -4.31. The molecular formula is C14H16F3N3. The maximum absolute atomic E-state index is 12.7. The summed E-state index contributed by atoms with van der Waals surface area (Å²) in [6, 6.07) is 7.41. The third-order valence-corrected chi connectivity index (χ3v) is 3.59. The average Bonchev–Trinajstić information content (AvgIpc) is 2.46. The highest BCUT2D eigenvalue weighted by Gasteiger charge is 2.31. The van der Waals surface area contributed by atoms with Gasteiger partial charge in [0.15, 0.2) is 0 Å². The molecule has 1 fully saturated rings. The molecule has 1 aromatic carbocycles. The van der Waals surface area contributed by atoms with Gasteiger partial charge < -0.3 is 4.90 Å². The minimum absolute atomic E-state index is 0.154. The first-order valence-electron chi connectivity index (χ1n) is 6.47. The van der Waals surface area contributed by atoms with Crippen molar-refractivity contribution in [3.05, 3.63) is 29.8 Å². The molecule has 1 atom stereocenters. The zero-order valence-corrected chi connectivity index (χ0v) is 11.2. The summed E-state index contributed by atoms with van der Waals surface area (Å²) < 4.78 is 38.1. The number of hydrogen-bond donors (Lipinski definition) is 0. The fraction of sp³-hybridized carbons (Fsp3) is 0.500. The van der Waals surface area contributed by atoms with Gasteiger partial charge in [-0.3, -0.25) is 4.90 Å². The molecule has 1 aliphatic rings. The number of anilines is 1. The van der Waals surface area contributed by atoms with E-state index in [4.69, 9.17) is 5.26 Å². The van der Waals surface area contributed by atoms with Crippen LogP contribution in [-0.2, 0) is 6.18 Å². The van der Waals surface area contributed by atoms with Gasteiger partial charge in [-0.25, -0.2) is 0 Å². The summed E-state index contributed by atoms with van der Waals surface area (Å²) in [5, 5.41) is 8.87. The Labute approximate surface area is 116 Å². The van der Waals surface area contributed by atoms with Gasteiger partial charge in [-0.2, -0.15) is 18.4 Å². The number of benzene rings is 1. The SMILES string of the molecule is CC(C#N)N1CCN(c2cccc(C(F)(F)F)c2)CC1. The fourth-order valence-electron chi connectivity index (χ4n) is 2.33. The van der Waals surface area contributed by atoms with E-state index >= 15 is 0 Å². The molecule has 108 valence electrons. The second kappa shape index (κ2) is 5.71. The second-order valence-corrected chi connectivity index (χ2v) is 4.88.